The number of nitrogens with zero attached hydrogens (tertiary/aromatic N) is 1. The summed E-state index contributed by atoms with van der Waals surface area (Å²) in [6.07, 6.45) is 5.19. The molecular weight excluding hydrogens is 220 g/mol. The minimum Gasteiger partial charge on any atom is -0.398 e. The Labute approximate surface area is 110 Å². The molecule has 18 heavy (non-hydrogen) atoms. The highest BCUT2D eigenvalue weighted by atomic mass is 15.2. The van der Waals surface area contributed by atoms with Gasteiger partial charge in [0, 0.05) is 29.5 Å². The number of nitrogens with two attached hydrogens (primary N) is 1. The van der Waals surface area contributed by atoms with Crippen molar-refractivity contribution in [1.29, 1.82) is 0 Å². The number of hydrogen-bond acceptors (Lipinski definition) is 2. The van der Waals surface area contributed by atoms with Gasteiger partial charge in [0.25, 0.3) is 0 Å². The van der Waals surface area contributed by atoms with E-state index in [-0.39, 0.29) is 0 Å². The number of rotatable bonds is 1. The Morgan fingerprint density at radius 3 is 2.78 bits per heavy atom. The van der Waals surface area contributed by atoms with Crippen LogP contribution in [0.15, 0.2) is 18.2 Å². The third kappa shape index (κ3) is 1.88. The van der Waals surface area contributed by atoms with Crippen LogP contribution in [0.3, 0.4) is 0 Å². The van der Waals surface area contributed by atoms with Crippen LogP contribution in [0, 0.1) is 11.8 Å². The lowest BCUT2D eigenvalue weighted by Gasteiger charge is -2.38. The summed E-state index contributed by atoms with van der Waals surface area (Å²) in [5.74, 6) is 1.75. The van der Waals surface area contributed by atoms with E-state index in [9.17, 15) is 0 Å². The Bertz CT molecular complexity index is 441. The van der Waals surface area contributed by atoms with Gasteiger partial charge in [-0.05, 0) is 49.7 Å². The molecule has 1 aliphatic carbocycles. The first-order chi connectivity index (χ1) is 8.66. The fraction of sp³-hybridized carbons (Fsp3) is 0.625. The maximum absolute atomic E-state index is 6.09. The van der Waals surface area contributed by atoms with Crippen LogP contribution in [0.25, 0.3) is 0 Å². The molecule has 2 aliphatic rings. The fourth-order valence-corrected chi connectivity index (χ4v) is 3.67. The van der Waals surface area contributed by atoms with Crippen molar-refractivity contribution in [1.82, 2.24) is 0 Å². The number of benzene rings is 1. The number of nitrogen functional groups attached to an aromatic ring is 1. The van der Waals surface area contributed by atoms with Gasteiger partial charge in [0.1, 0.15) is 0 Å². The standard InChI is InChI=1S/C16H24N2/c1-11-6-7-13(10-12(11)2)18-9-8-14-15(17)4-3-5-16(14)18/h3-5,11-13H,6-10,17H2,1-2H3. The number of fused-ring (bicyclic) bond motifs is 1. The highest BCUT2D eigenvalue weighted by Crippen LogP contribution is 2.39. The molecule has 3 atom stereocenters. The van der Waals surface area contributed by atoms with Crippen LogP contribution in [0.5, 0.6) is 0 Å². The van der Waals surface area contributed by atoms with E-state index >= 15 is 0 Å². The second kappa shape index (κ2) is 4.49. The second-order valence-corrected chi connectivity index (χ2v) is 6.21. The van der Waals surface area contributed by atoms with Crippen LogP contribution >= 0.6 is 0 Å². The van der Waals surface area contributed by atoms with E-state index in [1.54, 1.807) is 0 Å². The van der Waals surface area contributed by atoms with Crippen LogP contribution < -0.4 is 10.6 Å². The largest absolute Gasteiger partial charge is 0.398 e. The SMILES string of the molecule is CC1CCC(N2CCc3c(N)cccc32)CC1C. The summed E-state index contributed by atoms with van der Waals surface area (Å²) in [5, 5.41) is 0. The number of hydrogen-bond donors (Lipinski definition) is 1. The van der Waals surface area contributed by atoms with Gasteiger partial charge in [-0.1, -0.05) is 19.9 Å². The molecule has 1 fully saturated rings. The first kappa shape index (κ1) is 11.9. The van der Waals surface area contributed by atoms with E-state index in [1.807, 2.05) is 6.07 Å². The van der Waals surface area contributed by atoms with Crippen molar-refractivity contribution in [2.45, 2.75) is 45.6 Å². The van der Waals surface area contributed by atoms with Crippen molar-refractivity contribution < 1.29 is 0 Å². The zero-order chi connectivity index (χ0) is 12.7. The van der Waals surface area contributed by atoms with Crippen LogP contribution in [0.4, 0.5) is 11.4 Å². The maximum Gasteiger partial charge on any atom is 0.0422 e. The topological polar surface area (TPSA) is 29.3 Å². The van der Waals surface area contributed by atoms with Gasteiger partial charge in [-0.2, -0.15) is 0 Å². The van der Waals surface area contributed by atoms with Crippen molar-refractivity contribution in [3.05, 3.63) is 23.8 Å². The van der Waals surface area contributed by atoms with Gasteiger partial charge in [0.2, 0.25) is 0 Å². The van der Waals surface area contributed by atoms with Gasteiger partial charge in [-0.15, -0.1) is 0 Å². The van der Waals surface area contributed by atoms with Crippen molar-refractivity contribution in [2.24, 2.45) is 11.8 Å². The minimum absolute atomic E-state index is 0.735. The third-order valence-electron chi connectivity index (χ3n) is 5.11. The first-order valence-corrected chi connectivity index (χ1v) is 7.31. The van der Waals surface area contributed by atoms with Gasteiger partial charge in [-0.3, -0.25) is 0 Å². The highest BCUT2D eigenvalue weighted by Gasteiger charge is 2.32. The molecule has 1 aliphatic heterocycles. The predicted octanol–water partition coefficient (Wildman–Crippen LogP) is 3.46. The average molecular weight is 244 g/mol. The predicted molar refractivity (Wildman–Crippen MR) is 77.9 cm³/mol. The molecule has 2 N–H and O–H groups in total. The van der Waals surface area contributed by atoms with Crippen LogP contribution in [-0.2, 0) is 6.42 Å². The molecule has 3 unspecified atom stereocenters. The Balaban J connectivity index is 1.82. The molecular formula is C16H24N2. The molecule has 2 nitrogen and oxygen atoms in total. The lowest BCUT2D eigenvalue weighted by Crippen LogP contribution is -2.39. The molecule has 1 aromatic carbocycles. The summed E-state index contributed by atoms with van der Waals surface area (Å²) in [5.41, 5.74) is 9.85. The smallest absolute Gasteiger partial charge is 0.0422 e. The monoisotopic (exact) mass is 244 g/mol. The molecule has 0 aromatic heterocycles. The summed E-state index contributed by atoms with van der Waals surface area (Å²) in [4.78, 5) is 2.62. The lowest BCUT2D eigenvalue weighted by atomic mass is 9.78. The quantitative estimate of drug-likeness (QED) is 0.767. The molecule has 3 rings (SSSR count). The van der Waals surface area contributed by atoms with E-state index in [4.69, 9.17) is 5.73 Å². The summed E-state index contributed by atoms with van der Waals surface area (Å²) in [6.45, 7) is 5.97. The van der Waals surface area contributed by atoms with E-state index in [0.717, 1.165) is 36.5 Å². The highest BCUT2D eigenvalue weighted by molar-refractivity contribution is 5.68. The molecule has 0 saturated heterocycles. The van der Waals surface area contributed by atoms with Crippen LogP contribution in [0.2, 0.25) is 0 Å². The van der Waals surface area contributed by atoms with Crippen molar-refractivity contribution in [3.8, 4) is 0 Å². The molecule has 0 spiro atoms. The summed E-state index contributed by atoms with van der Waals surface area (Å²) in [7, 11) is 0. The Morgan fingerprint density at radius 2 is 2.00 bits per heavy atom. The van der Waals surface area contributed by atoms with Crippen molar-refractivity contribution in [3.63, 3.8) is 0 Å². The Morgan fingerprint density at radius 1 is 1.17 bits per heavy atom. The molecule has 1 saturated carbocycles. The van der Waals surface area contributed by atoms with Crippen molar-refractivity contribution >= 4 is 11.4 Å². The van der Waals surface area contributed by atoms with E-state index in [2.05, 4.69) is 30.9 Å². The molecule has 2 heteroatoms. The fourth-order valence-electron chi connectivity index (χ4n) is 3.67. The van der Waals surface area contributed by atoms with Gasteiger partial charge in [0.05, 0.1) is 0 Å². The molecule has 0 radical (unpaired) electrons. The Hall–Kier alpha value is -1.18. The van der Waals surface area contributed by atoms with Crippen LogP contribution in [0.1, 0.15) is 38.7 Å². The summed E-state index contributed by atoms with van der Waals surface area (Å²) < 4.78 is 0. The van der Waals surface area contributed by atoms with Gasteiger partial charge in [-0.25, -0.2) is 0 Å². The maximum atomic E-state index is 6.09. The minimum atomic E-state index is 0.735. The molecule has 98 valence electrons. The second-order valence-electron chi connectivity index (χ2n) is 6.21. The summed E-state index contributed by atoms with van der Waals surface area (Å²) >= 11 is 0. The van der Waals surface area contributed by atoms with Gasteiger partial charge in [0.15, 0.2) is 0 Å². The molecule has 1 heterocycles. The normalized spacial score (nSPS) is 31.4. The van der Waals surface area contributed by atoms with E-state index < -0.39 is 0 Å². The molecule has 0 bridgehead atoms. The Kier molecular flexibility index (Phi) is 2.96. The van der Waals surface area contributed by atoms with Crippen LogP contribution in [-0.4, -0.2) is 12.6 Å². The van der Waals surface area contributed by atoms with Gasteiger partial charge < -0.3 is 10.6 Å². The number of anilines is 2. The molecule has 0 amide bonds. The molecule has 1 aromatic rings. The van der Waals surface area contributed by atoms with E-state index in [1.165, 1.54) is 30.5 Å². The zero-order valence-corrected chi connectivity index (χ0v) is 11.5. The zero-order valence-electron chi connectivity index (χ0n) is 11.5. The first-order valence-electron chi connectivity index (χ1n) is 7.31. The third-order valence-corrected chi connectivity index (χ3v) is 5.11. The summed E-state index contributed by atoms with van der Waals surface area (Å²) in [6, 6.07) is 7.12. The van der Waals surface area contributed by atoms with Crippen molar-refractivity contribution in [2.75, 3.05) is 17.2 Å². The van der Waals surface area contributed by atoms with Gasteiger partial charge >= 0.3 is 0 Å². The lowest BCUT2D eigenvalue weighted by molar-refractivity contribution is 0.245. The van der Waals surface area contributed by atoms with E-state index in [0.29, 0.717) is 0 Å². The average Bonchev–Trinajstić information content (AvgIpc) is 2.78.